The molecule has 0 aliphatic rings. The summed E-state index contributed by atoms with van der Waals surface area (Å²) in [5.41, 5.74) is 1.30. The summed E-state index contributed by atoms with van der Waals surface area (Å²) in [6, 6.07) is 0. The molecule has 0 unspecified atom stereocenters. The molecule has 1 rings (SSSR count). The van der Waals surface area contributed by atoms with E-state index in [2.05, 4.69) is 42.6 Å². The van der Waals surface area contributed by atoms with Crippen molar-refractivity contribution in [3.05, 3.63) is 17.7 Å². The van der Waals surface area contributed by atoms with Crippen LogP contribution in [0, 0.1) is 12.8 Å². The third-order valence-electron chi connectivity index (χ3n) is 2.42. The van der Waals surface area contributed by atoms with E-state index in [1.807, 2.05) is 6.20 Å². The average Bonchev–Trinajstić information content (AvgIpc) is 2.49. The Hall–Kier alpha value is -0.830. The van der Waals surface area contributed by atoms with E-state index < -0.39 is 0 Å². The van der Waals surface area contributed by atoms with Gasteiger partial charge in [-0.25, -0.2) is 4.98 Å². The zero-order valence-corrected chi connectivity index (χ0v) is 10.4. The second-order valence-electron chi connectivity index (χ2n) is 4.48. The molecular weight excluding hydrogens is 186 g/mol. The quantitative estimate of drug-likeness (QED) is 0.729. The fraction of sp³-hybridized carbons (Fsp3) is 0.750. The van der Waals surface area contributed by atoms with Crippen molar-refractivity contribution in [3.8, 4) is 0 Å². The van der Waals surface area contributed by atoms with Crippen LogP contribution in [0.1, 0.15) is 38.7 Å². The predicted octanol–water partition coefficient (Wildman–Crippen LogP) is 2.35. The lowest BCUT2D eigenvalue weighted by molar-refractivity contribution is 0.492. The Morgan fingerprint density at radius 1 is 1.47 bits per heavy atom. The molecule has 15 heavy (non-hydrogen) atoms. The molecule has 0 spiro atoms. The molecule has 1 aromatic rings. The summed E-state index contributed by atoms with van der Waals surface area (Å²) in [7, 11) is 0. The number of hydrogen-bond acceptors (Lipinski definition) is 2. The fourth-order valence-corrected chi connectivity index (χ4v) is 1.66. The van der Waals surface area contributed by atoms with Crippen LogP contribution >= 0.6 is 0 Å². The van der Waals surface area contributed by atoms with E-state index in [4.69, 9.17) is 0 Å². The number of imidazole rings is 1. The largest absolute Gasteiger partial charge is 0.331 e. The van der Waals surface area contributed by atoms with Crippen molar-refractivity contribution in [1.82, 2.24) is 14.9 Å². The summed E-state index contributed by atoms with van der Waals surface area (Å²) in [6.45, 7) is 11.8. The van der Waals surface area contributed by atoms with Gasteiger partial charge in [0.15, 0.2) is 0 Å². The molecule has 0 fully saturated rings. The van der Waals surface area contributed by atoms with Gasteiger partial charge in [0.2, 0.25) is 0 Å². The van der Waals surface area contributed by atoms with E-state index in [1.54, 1.807) is 0 Å². The average molecular weight is 209 g/mol. The third-order valence-corrected chi connectivity index (χ3v) is 2.42. The standard InChI is InChI=1S/C12H23N3/c1-5-6-13-7-12-8-14-11(4)15(12)9-10(2)3/h8,10,13H,5-7,9H2,1-4H3. The molecular formula is C12H23N3. The van der Waals surface area contributed by atoms with Gasteiger partial charge in [-0.1, -0.05) is 20.8 Å². The van der Waals surface area contributed by atoms with Crippen molar-refractivity contribution in [3.63, 3.8) is 0 Å². The van der Waals surface area contributed by atoms with E-state index in [9.17, 15) is 0 Å². The minimum absolute atomic E-state index is 0.669. The van der Waals surface area contributed by atoms with Crippen LogP contribution in [0.5, 0.6) is 0 Å². The van der Waals surface area contributed by atoms with Crippen LogP contribution in [-0.2, 0) is 13.1 Å². The maximum Gasteiger partial charge on any atom is 0.105 e. The van der Waals surface area contributed by atoms with Gasteiger partial charge in [0.1, 0.15) is 5.82 Å². The number of aromatic nitrogens is 2. The first-order chi connectivity index (χ1) is 7.15. The number of hydrogen-bond donors (Lipinski definition) is 1. The van der Waals surface area contributed by atoms with Crippen LogP contribution < -0.4 is 5.32 Å². The Kier molecular flexibility index (Phi) is 4.82. The highest BCUT2D eigenvalue weighted by Gasteiger charge is 2.07. The number of rotatable bonds is 6. The molecule has 0 saturated carbocycles. The molecule has 3 nitrogen and oxygen atoms in total. The summed E-state index contributed by atoms with van der Waals surface area (Å²) in [6.07, 6.45) is 3.16. The molecule has 3 heteroatoms. The normalized spacial score (nSPS) is 11.3. The van der Waals surface area contributed by atoms with Gasteiger partial charge in [0.05, 0.1) is 5.69 Å². The van der Waals surface area contributed by atoms with Gasteiger partial charge in [-0.15, -0.1) is 0 Å². The molecule has 0 amide bonds. The first kappa shape index (κ1) is 12.2. The fourth-order valence-electron chi connectivity index (χ4n) is 1.66. The van der Waals surface area contributed by atoms with Crippen LogP contribution in [0.2, 0.25) is 0 Å². The summed E-state index contributed by atoms with van der Waals surface area (Å²) in [5, 5.41) is 3.42. The SMILES string of the molecule is CCCNCc1cnc(C)n1CC(C)C. The second kappa shape index (κ2) is 5.91. The topological polar surface area (TPSA) is 29.9 Å². The van der Waals surface area contributed by atoms with Gasteiger partial charge >= 0.3 is 0 Å². The maximum absolute atomic E-state index is 4.37. The Bertz CT molecular complexity index is 289. The Morgan fingerprint density at radius 3 is 2.80 bits per heavy atom. The van der Waals surface area contributed by atoms with Crippen LogP contribution in [0.4, 0.5) is 0 Å². The van der Waals surface area contributed by atoms with Gasteiger partial charge < -0.3 is 9.88 Å². The molecule has 0 saturated heterocycles. The summed E-state index contributed by atoms with van der Waals surface area (Å²) < 4.78 is 2.31. The van der Waals surface area contributed by atoms with Gasteiger partial charge in [0.25, 0.3) is 0 Å². The van der Waals surface area contributed by atoms with Crippen molar-refractivity contribution in [2.24, 2.45) is 5.92 Å². The van der Waals surface area contributed by atoms with E-state index in [0.29, 0.717) is 5.92 Å². The molecule has 86 valence electrons. The highest BCUT2D eigenvalue weighted by atomic mass is 15.1. The monoisotopic (exact) mass is 209 g/mol. The Morgan fingerprint density at radius 2 is 2.20 bits per heavy atom. The van der Waals surface area contributed by atoms with Gasteiger partial charge in [-0.2, -0.15) is 0 Å². The number of nitrogens with one attached hydrogen (secondary N) is 1. The zero-order chi connectivity index (χ0) is 11.3. The molecule has 1 N–H and O–H groups in total. The van der Waals surface area contributed by atoms with Gasteiger partial charge in [-0.05, 0) is 25.8 Å². The second-order valence-corrected chi connectivity index (χ2v) is 4.48. The third kappa shape index (κ3) is 3.67. The molecule has 0 bridgehead atoms. The summed E-state index contributed by atoms with van der Waals surface area (Å²) >= 11 is 0. The molecule has 1 aromatic heterocycles. The predicted molar refractivity (Wildman–Crippen MR) is 63.8 cm³/mol. The lowest BCUT2D eigenvalue weighted by Gasteiger charge is -2.13. The lowest BCUT2D eigenvalue weighted by atomic mass is 10.2. The van der Waals surface area contributed by atoms with Crippen LogP contribution in [0.25, 0.3) is 0 Å². The van der Waals surface area contributed by atoms with Crippen LogP contribution in [0.3, 0.4) is 0 Å². The first-order valence-electron chi connectivity index (χ1n) is 5.86. The van der Waals surface area contributed by atoms with Gasteiger partial charge in [-0.3, -0.25) is 0 Å². The highest BCUT2D eigenvalue weighted by Crippen LogP contribution is 2.08. The maximum atomic E-state index is 4.37. The van der Waals surface area contributed by atoms with E-state index in [-0.39, 0.29) is 0 Å². The van der Waals surface area contributed by atoms with E-state index in [1.165, 1.54) is 12.1 Å². The molecule has 0 aromatic carbocycles. The highest BCUT2D eigenvalue weighted by molar-refractivity contribution is 5.04. The van der Waals surface area contributed by atoms with Crippen molar-refractivity contribution in [1.29, 1.82) is 0 Å². The van der Waals surface area contributed by atoms with Crippen molar-refractivity contribution < 1.29 is 0 Å². The summed E-state index contributed by atoms with van der Waals surface area (Å²) in [5.74, 6) is 1.79. The van der Waals surface area contributed by atoms with Gasteiger partial charge in [0, 0.05) is 19.3 Å². The molecule has 0 aliphatic carbocycles. The minimum atomic E-state index is 0.669. The molecule has 1 heterocycles. The van der Waals surface area contributed by atoms with Crippen LogP contribution in [-0.4, -0.2) is 16.1 Å². The van der Waals surface area contributed by atoms with E-state index >= 15 is 0 Å². The van der Waals surface area contributed by atoms with Crippen molar-refractivity contribution in [2.75, 3.05) is 6.54 Å². The van der Waals surface area contributed by atoms with Crippen LogP contribution in [0.15, 0.2) is 6.20 Å². The molecule has 0 radical (unpaired) electrons. The lowest BCUT2D eigenvalue weighted by Crippen LogP contribution is -2.18. The minimum Gasteiger partial charge on any atom is -0.331 e. The van der Waals surface area contributed by atoms with Crippen molar-refractivity contribution >= 4 is 0 Å². The Labute approximate surface area is 92.9 Å². The van der Waals surface area contributed by atoms with Crippen molar-refractivity contribution in [2.45, 2.75) is 47.2 Å². The zero-order valence-electron chi connectivity index (χ0n) is 10.4. The smallest absolute Gasteiger partial charge is 0.105 e. The first-order valence-corrected chi connectivity index (χ1v) is 5.86. The van der Waals surface area contributed by atoms with E-state index in [0.717, 1.165) is 25.5 Å². The Balaban J connectivity index is 2.62. The molecule has 0 aliphatic heterocycles. The number of nitrogens with zero attached hydrogens (tertiary/aromatic N) is 2. The summed E-state index contributed by atoms with van der Waals surface area (Å²) in [4.78, 5) is 4.37. The molecule has 0 atom stereocenters. The number of aryl methyl sites for hydroxylation is 1.